The number of carboxylic acid groups (broad SMARTS) is 1. The third-order valence-corrected chi connectivity index (χ3v) is 2.88. The van der Waals surface area contributed by atoms with Crippen LogP contribution in [0.4, 0.5) is 0 Å². The zero-order valence-electron chi connectivity index (χ0n) is 10.3. The average Bonchev–Trinajstić information content (AvgIpc) is 2.85. The van der Waals surface area contributed by atoms with Crippen molar-refractivity contribution in [2.75, 3.05) is 0 Å². The quantitative estimate of drug-likeness (QED) is 0.879. The van der Waals surface area contributed by atoms with Crippen LogP contribution >= 0.6 is 0 Å². The van der Waals surface area contributed by atoms with Crippen LogP contribution in [0.15, 0.2) is 42.7 Å². The van der Waals surface area contributed by atoms with Gasteiger partial charge >= 0.3 is 5.97 Å². The van der Waals surface area contributed by atoms with Gasteiger partial charge in [-0.05, 0) is 6.42 Å². The van der Waals surface area contributed by atoms with E-state index in [1.807, 2.05) is 37.3 Å². The summed E-state index contributed by atoms with van der Waals surface area (Å²) in [6, 6.07) is 9.09. The van der Waals surface area contributed by atoms with E-state index in [4.69, 9.17) is 0 Å². The van der Waals surface area contributed by atoms with Gasteiger partial charge in [-0.15, -0.1) is 0 Å². The lowest BCUT2D eigenvalue weighted by Gasteiger charge is -2.16. The van der Waals surface area contributed by atoms with Crippen LogP contribution in [0.1, 0.15) is 25.8 Å². The standard InChI is InChI=1S/C14H16N2O2/c1-2-6-12(14(17)18)16-10-9-15-13(16)11-7-4-3-5-8-11/h3-5,7-10,12H,2,6H2,1H3,(H,17,18). The fraction of sp³-hybridized carbons (Fsp3) is 0.286. The first kappa shape index (κ1) is 12.4. The molecule has 2 aromatic rings. The first-order chi connectivity index (χ1) is 8.74. The number of hydrogen-bond acceptors (Lipinski definition) is 2. The molecule has 1 aromatic heterocycles. The second-order valence-corrected chi connectivity index (χ2v) is 4.17. The smallest absolute Gasteiger partial charge is 0.326 e. The van der Waals surface area contributed by atoms with Gasteiger partial charge in [0.25, 0.3) is 0 Å². The van der Waals surface area contributed by atoms with Crippen molar-refractivity contribution in [3.63, 3.8) is 0 Å². The first-order valence-electron chi connectivity index (χ1n) is 6.05. The Labute approximate surface area is 106 Å². The number of aromatic nitrogens is 2. The molecular weight excluding hydrogens is 228 g/mol. The Morgan fingerprint density at radius 1 is 1.39 bits per heavy atom. The summed E-state index contributed by atoms with van der Waals surface area (Å²) >= 11 is 0. The van der Waals surface area contributed by atoms with Crippen molar-refractivity contribution in [2.45, 2.75) is 25.8 Å². The fourth-order valence-electron chi connectivity index (χ4n) is 2.03. The highest BCUT2D eigenvalue weighted by molar-refractivity contribution is 5.73. The number of imidazole rings is 1. The van der Waals surface area contributed by atoms with Gasteiger partial charge in [-0.3, -0.25) is 0 Å². The van der Waals surface area contributed by atoms with E-state index in [1.165, 1.54) is 0 Å². The summed E-state index contributed by atoms with van der Waals surface area (Å²) in [5.74, 6) is -0.108. The molecule has 4 heteroatoms. The summed E-state index contributed by atoms with van der Waals surface area (Å²) in [6.07, 6.45) is 4.81. The highest BCUT2D eigenvalue weighted by Gasteiger charge is 2.21. The Morgan fingerprint density at radius 2 is 2.11 bits per heavy atom. The lowest BCUT2D eigenvalue weighted by molar-refractivity contribution is -0.141. The van der Waals surface area contributed by atoms with Crippen molar-refractivity contribution in [1.29, 1.82) is 0 Å². The first-order valence-corrected chi connectivity index (χ1v) is 6.05. The Kier molecular flexibility index (Phi) is 3.77. The van der Waals surface area contributed by atoms with Crippen molar-refractivity contribution in [3.8, 4) is 11.4 Å². The van der Waals surface area contributed by atoms with Crippen LogP contribution in [0, 0.1) is 0 Å². The van der Waals surface area contributed by atoms with E-state index in [2.05, 4.69) is 4.98 Å². The molecule has 1 atom stereocenters. The van der Waals surface area contributed by atoms with E-state index in [9.17, 15) is 9.90 Å². The summed E-state index contributed by atoms with van der Waals surface area (Å²) in [5, 5.41) is 9.30. The summed E-state index contributed by atoms with van der Waals surface area (Å²) in [7, 11) is 0. The number of carbonyl (C=O) groups is 1. The lowest BCUT2D eigenvalue weighted by atomic mass is 10.1. The monoisotopic (exact) mass is 244 g/mol. The molecule has 0 saturated heterocycles. The molecule has 1 N–H and O–H groups in total. The van der Waals surface area contributed by atoms with Gasteiger partial charge in [0.1, 0.15) is 11.9 Å². The maximum absolute atomic E-state index is 11.3. The van der Waals surface area contributed by atoms with Gasteiger partial charge in [0.2, 0.25) is 0 Å². The van der Waals surface area contributed by atoms with Crippen LogP contribution in [0.5, 0.6) is 0 Å². The molecule has 4 nitrogen and oxygen atoms in total. The molecule has 94 valence electrons. The molecular formula is C14H16N2O2. The number of hydrogen-bond donors (Lipinski definition) is 1. The number of rotatable bonds is 5. The number of nitrogens with zero attached hydrogens (tertiary/aromatic N) is 2. The largest absolute Gasteiger partial charge is 0.480 e. The summed E-state index contributed by atoms with van der Waals surface area (Å²) in [5.41, 5.74) is 0.935. The summed E-state index contributed by atoms with van der Waals surface area (Å²) in [4.78, 5) is 15.6. The Bertz CT molecular complexity index is 520. The van der Waals surface area contributed by atoms with Crippen LogP contribution in [0.2, 0.25) is 0 Å². The molecule has 1 aromatic carbocycles. The van der Waals surface area contributed by atoms with Crippen molar-refractivity contribution in [3.05, 3.63) is 42.7 Å². The van der Waals surface area contributed by atoms with Gasteiger partial charge in [-0.2, -0.15) is 0 Å². The molecule has 0 amide bonds. The summed E-state index contributed by atoms with van der Waals surface area (Å²) < 4.78 is 1.74. The second kappa shape index (κ2) is 5.49. The molecule has 0 spiro atoms. The number of benzene rings is 1. The van der Waals surface area contributed by atoms with E-state index in [0.29, 0.717) is 12.2 Å². The summed E-state index contributed by atoms with van der Waals surface area (Å²) in [6.45, 7) is 1.98. The Morgan fingerprint density at radius 3 is 2.72 bits per heavy atom. The topological polar surface area (TPSA) is 55.1 Å². The predicted molar refractivity (Wildman–Crippen MR) is 69.2 cm³/mol. The van der Waals surface area contributed by atoms with Crippen LogP contribution in [-0.2, 0) is 4.79 Å². The van der Waals surface area contributed by atoms with Crippen LogP contribution < -0.4 is 0 Å². The molecule has 2 rings (SSSR count). The maximum atomic E-state index is 11.3. The van der Waals surface area contributed by atoms with Crippen LogP contribution in [0.3, 0.4) is 0 Å². The van der Waals surface area contributed by atoms with Crippen molar-refractivity contribution in [1.82, 2.24) is 9.55 Å². The maximum Gasteiger partial charge on any atom is 0.326 e. The Hall–Kier alpha value is -2.10. The van der Waals surface area contributed by atoms with Crippen molar-refractivity contribution < 1.29 is 9.90 Å². The van der Waals surface area contributed by atoms with E-state index in [-0.39, 0.29) is 0 Å². The molecule has 0 aliphatic heterocycles. The van der Waals surface area contributed by atoms with E-state index >= 15 is 0 Å². The highest BCUT2D eigenvalue weighted by atomic mass is 16.4. The van der Waals surface area contributed by atoms with Gasteiger partial charge in [0, 0.05) is 18.0 Å². The van der Waals surface area contributed by atoms with E-state index in [0.717, 1.165) is 12.0 Å². The van der Waals surface area contributed by atoms with Gasteiger partial charge in [-0.25, -0.2) is 9.78 Å². The van der Waals surface area contributed by atoms with Crippen LogP contribution in [-0.4, -0.2) is 20.6 Å². The molecule has 1 heterocycles. The normalized spacial score (nSPS) is 12.3. The highest BCUT2D eigenvalue weighted by Crippen LogP contribution is 2.23. The van der Waals surface area contributed by atoms with Crippen molar-refractivity contribution >= 4 is 5.97 Å². The SMILES string of the molecule is CCCC(C(=O)O)n1ccnc1-c1ccccc1. The molecule has 0 aliphatic carbocycles. The Balaban J connectivity index is 2.41. The van der Waals surface area contributed by atoms with Gasteiger partial charge < -0.3 is 9.67 Å². The average molecular weight is 244 g/mol. The molecule has 0 fully saturated rings. The number of carboxylic acids is 1. The zero-order valence-corrected chi connectivity index (χ0v) is 10.3. The minimum Gasteiger partial charge on any atom is -0.480 e. The third kappa shape index (κ3) is 2.42. The molecule has 0 saturated carbocycles. The predicted octanol–water partition coefficient (Wildman–Crippen LogP) is 2.98. The molecule has 0 radical (unpaired) electrons. The second-order valence-electron chi connectivity index (χ2n) is 4.17. The van der Waals surface area contributed by atoms with Gasteiger partial charge in [0.15, 0.2) is 0 Å². The molecule has 18 heavy (non-hydrogen) atoms. The van der Waals surface area contributed by atoms with Gasteiger partial charge in [-0.1, -0.05) is 43.7 Å². The zero-order chi connectivity index (χ0) is 13.0. The van der Waals surface area contributed by atoms with Crippen molar-refractivity contribution in [2.24, 2.45) is 0 Å². The van der Waals surface area contributed by atoms with Gasteiger partial charge in [0.05, 0.1) is 0 Å². The number of aliphatic carboxylic acids is 1. The fourth-order valence-corrected chi connectivity index (χ4v) is 2.03. The lowest BCUT2D eigenvalue weighted by Crippen LogP contribution is -2.19. The molecule has 1 unspecified atom stereocenters. The molecule has 0 bridgehead atoms. The van der Waals surface area contributed by atoms with E-state index in [1.54, 1.807) is 17.0 Å². The van der Waals surface area contributed by atoms with E-state index < -0.39 is 12.0 Å². The molecule has 0 aliphatic rings. The minimum atomic E-state index is -0.813. The van der Waals surface area contributed by atoms with Crippen LogP contribution in [0.25, 0.3) is 11.4 Å². The third-order valence-electron chi connectivity index (χ3n) is 2.88. The minimum absolute atomic E-state index is 0.548.